The minimum Gasteiger partial charge on any atom is -0.347 e. The number of aryl methyl sites for hydroxylation is 1. The first-order chi connectivity index (χ1) is 9.10. The Hall–Kier alpha value is -1.79. The van der Waals surface area contributed by atoms with E-state index in [4.69, 9.17) is 5.73 Å². The number of halogens is 1. The highest BCUT2D eigenvalue weighted by atomic mass is 32.1. The number of nitrogens with two attached hydrogens (primary N) is 1. The Labute approximate surface area is 114 Å². The van der Waals surface area contributed by atoms with Crippen molar-refractivity contribution in [1.82, 2.24) is 10.3 Å². The number of aromatic nitrogens is 1. The smallest absolute Gasteiger partial charge is 0.271 e. The van der Waals surface area contributed by atoms with Crippen LogP contribution in [0.2, 0.25) is 0 Å². The molecule has 0 saturated heterocycles. The van der Waals surface area contributed by atoms with Gasteiger partial charge < -0.3 is 11.1 Å². The SMILES string of the molecule is Cc1ccc(CNC(=O)c2csc(CN)n2)cc1F. The molecule has 0 aliphatic carbocycles. The first-order valence-electron chi connectivity index (χ1n) is 5.78. The first-order valence-corrected chi connectivity index (χ1v) is 6.66. The van der Waals surface area contributed by atoms with Gasteiger partial charge in [-0.25, -0.2) is 9.37 Å². The minimum atomic E-state index is -0.281. The molecule has 1 amide bonds. The van der Waals surface area contributed by atoms with E-state index < -0.39 is 0 Å². The second-order valence-corrected chi connectivity index (χ2v) is 5.04. The number of rotatable bonds is 4. The number of benzene rings is 1. The van der Waals surface area contributed by atoms with Crippen LogP contribution in [0.15, 0.2) is 23.6 Å². The average molecular weight is 279 g/mol. The Morgan fingerprint density at radius 1 is 1.53 bits per heavy atom. The van der Waals surface area contributed by atoms with Gasteiger partial charge in [0.25, 0.3) is 5.91 Å². The molecule has 100 valence electrons. The second kappa shape index (κ2) is 5.90. The summed E-state index contributed by atoms with van der Waals surface area (Å²) in [6.45, 7) is 2.29. The molecule has 0 unspecified atom stereocenters. The van der Waals surface area contributed by atoms with Gasteiger partial charge in [-0.2, -0.15) is 0 Å². The largest absolute Gasteiger partial charge is 0.347 e. The van der Waals surface area contributed by atoms with Crippen LogP contribution in [0, 0.1) is 12.7 Å². The van der Waals surface area contributed by atoms with E-state index in [2.05, 4.69) is 10.3 Å². The van der Waals surface area contributed by atoms with E-state index in [1.165, 1.54) is 17.4 Å². The van der Waals surface area contributed by atoms with Gasteiger partial charge in [0, 0.05) is 18.5 Å². The van der Waals surface area contributed by atoms with Gasteiger partial charge in [-0.3, -0.25) is 4.79 Å². The zero-order chi connectivity index (χ0) is 13.8. The topological polar surface area (TPSA) is 68.0 Å². The molecule has 0 saturated carbocycles. The van der Waals surface area contributed by atoms with Gasteiger partial charge >= 0.3 is 0 Å². The summed E-state index contributed by atoms with van der Waals surface area (Å²) in [5.41, 5.74) is 7.08. The van der Waals surface area contributed by atoms with Gasteiger partial charge in [-0.1, -0.05) is 12.1 Å². The Bertz CT molecular complexity index is 597. The molecule has 0 aliphatic heterocycles. The van der Waals surface area contributed by atoms with E-state index in [1.807, 2.05) is 0 Å². The van der Waals surface area contributed by atoms with Crippen molar-refractivity contribution in [3.8, 4) is 0 Å². The highest BCUT2D eigenvalue weighted by Crippen LogP contribution is 2.11. The second-order valence-electron chi connectivity index (χ2n) is 4.10. The van der Waals surface area contributed by atoms with E-state index in [-0.39, 0.29) is 18.3 Å². The van der Waals surface area contributed by atoms with Crippen molar-refractivity contribution in [2.24, 2.45) is 5.73 Å². The van der Waals surface area contributed by atoms with Gasteiger partial charge in [-0.15, -0.1) is 11.3 Å². The van der Waals surface area contributed by atoms with Crippen molar-refractivity contribution in [3.63, 3.8) is 0 Å². The summed E-state index contributed by atoms with van der Waals surface area (Å²) in [4.78, 5) is 15.9. The van der Waals surface area contributed by atoms with Crippen LogP contribution >= 0.6 is 11.3 Å². The number of thiazole rings is 1. The first kappa shape index (κ1) is 13.6. The number of amides is 1. The summed E-state index contributed by atoms with van der Waals surface area (Å²) >= 11 is 1.35. The standard InChI is InChI=1S/C13H14FN3OS/c1-8-2-3-9(4-10(8)14)6-16-13(18)11-7-19-12(5-15)17-11/h2-4,7H,5-6,15H2,1H3,(H,16,18). The highest BCUT2D eigenvalue weighted by Gasteiger charge is 2.10. The lowest BCUT2D eigenvalue weighted by Crippen LogP contribution is -2.23. The van der Waals surface area contributed by atoms with Crippen LogP contribution in [0.25, 0.3) is 0 Å². The van der Waals surface area contributed by atoms with Crippen molar-refractivity contribution in [1.29, 1.82) is 0 Å². The monoisotopic (exact) mass is 279 g/mol. The van der Waals surface area contributed by atoms with Crippen molar-refractivity contribution >= 4 is 17.2 Å². The molecule has 6 heteroatoms. The fraction of sp³-hybridized carbons (Fsp3) is 0.231. The van der Waals surface area contributed by atoms with Crippen molar-refractivity contribution < 1.29 is 9.18 Å². The van der Waals surface area contributed by atoms with Crippen LogP contribution in [0.3, 0.4) is 0 Å². The summed E-state index contributed by atoms with van der Waals surface area (Å²) < 4.78 is 13.3. The third-order valence-electron chi connectivity index (χ3n) is 2.65. The fourth-order valence-electron chi connectivity index (χ4n) is 1.53. The molecule has 2 rings (SSSR count). The molecule has 1 aromatic heterocycles. The molecule has 1 aromatic carbocycles. The fourth-order valence-corrected chi connectivity index (χ4v) is 2.18. The van der Waals surface area contributed by atoms with Crippen LogP contribution in [0.4, 0.5) is 4.39 Å². The summed E-state index contributed by atoms with van der Waals surface area (Å²) in [7, 11) is 0. The summed E-state index contributed by atoms with van der Waals surface area (Å²) in [6.07, 6.45) is 0. The molecular weight excluding hydrogens is 265 g/mol. The molecule has 0 atom stereocenters. The summed E-state index contributed by atoms with van der Waals surface area (Å²) in [6, 6.07) is 4.89. The van der Waals surface area contributed by atoms with Crippen molar-refractivity contribution in [2.45, 2.75) is 20.0 Å². The Morgan fingerprint density at radius 2 is 2.32 bits per heavy atom. The lowest BCUT2D eigenvalue weighted by Gasteiger charge is -2.05. The number of hydrogen-bond acceptors (Lipinski definition) is 4. The third-order valence-corrected chi connectivity index (χ3v) is 3.52. The lowest BCUT2D eigenvalue weighted by molar-refractivity contribution is 0.0946. The molecule has 0 radical (unpaired) electrons. The van der Waals surface area contributed by atoms with E-state index in [1.54, 1.807) is 24.4 Å². The Morgan fingerprint density at radius 3 is 2.95 bits per heavy atom. The zero-order valence-electron chi connectivity index (χ0n) is 10.4. The van der Waals surface area contributed by atoms with Crippen LogP contribution in [-0.2, 0) is 13.1 Å². The number of carbonyl (C=O) groups excluding carboxylic acids is 1. The van der Waals surface area contributed by atoms with E-state index in [9.17, 15) is 9.18 Å². The zero-order valence-corrected chi connectivity index (χ0v) is 11.3. The number of nitrogens with one attached hydrogen (secondary N) is 1. The van der Waals surface area contributed by atoms with Gasteiger partial charge in [0.1, 0.15) is 16.5 Å². The average Bonchev–Trinajstić information content (AvgIpc) is 2.88. The molecule has 0 aliphatic rings. The molecule has 4 nitrogen and oxygen atoms in total. The van der Waals surface area contributed by atoms with Crippen LogP contribution < -0.4 is 11.1 Å². The molecule has 3 N–H and O–H groups in total. The molecule has 19 heavy (non-hydrogen) atoms. The van der Waals surface area contributed by atoms with Gasteiger partial charge in [0.05, 0.1) is 0 Å². The lowest BCUT2D eigenvalue weighted by atomic mass is 10.1. The normalized spacial score (nSPS) is 10.5. The molecule has 2 aromatic rings. The maximum atomic E-state index is 13.3. The van der Waals surface area contributed by atoms with Gasteiger partial charge in [0.2, 0.25) is 0 Å². The summed E-state index contributed by atoms with van der Waals surface area (Å²) in [5, 5.41) is 5.07. The molecule has 0 spiro atoms. The number of nitrogens with zero attached hydrogens (tertiary/aromatic N) is 1. The van der Waals surface area contributed by atoms with E-state index in [0.29, 0.717) is 28.4 Å². The van der Waals surface area contributed by atoms with Crippen LogP contribution in [0.5, 0.6) is 0 Å². The Kier molecular flexibility index (Phi) is 4.24. The molecular formula is C13H14FN3OS. The third kappa shape index (κ3) is 3.36. The molecule has 0 fully saturated rings. The summed E-state index contributed by atoms with van der Waals surface area (Å²) in [5.74, 6) is -0.553. The maximum Gasteiger partial charge on any atom is 0.271 e. The van der Waals surface area contributed by atoms with E-state index in [0.717, 1.165) is 0 Å². The Balaban J connectivity index is 1.98. The van der Waals surface area contributed by atoms with E-state index >= 15 is 0 Å². The minimum absolute atomic E-state index is 0.269. The van der Waals surface area contributed by atoms with Crippen molar-refractivity contribution in [3.05, 3.63) is 51.2 Å². The van der Waals surface area contributed by atoms with Crippen LogP contribution in [0.1, 0.15) is 26.6 Å². The van der Waals surface area contributed by atoms with Crippen molar-refractivity contribution in [2.75, 3.05) is 0 Å². The maximum absolute atomic E-state index is 13.3. The highest BCUT2D eigenvalue weighted by molar-refractivity contribution is 7.09. The number of hydrogen-bond donors (Lipinski definition) is 2. The molecule has 1 heterocycles. The predicted octanol–water partition coefficient (Wildman–Crippen LogP) is 1.98. The quantitative estimate of drug-likeness (QED) is 0.899. The predicted molar refractivity (Wildman–Crippen MR) is 72.3 cm³/mol. The van der Waals surface area contributed by atoms with Crippen LogP contribution in [-0.4, -0.2) is 10.9 Å². The van der Waals surface area contributed by atoms with Gasteiger partial charge in [-0.05, 0) is 24.1 Å². The van der Waals surface area contributed by atoms with Gasteiger partial charge in [0.15, 0.2) is 0 Å². The number of carbonyl (C=O) groups is 1. The molecule has 0 bridgehead atoms.